The number of nitrogens with one attached hydrogen (secondary N) is 1. The van der Waals surface area contributed by atoms with Gasteiger partial charge in [0.05, 0.1) is 5.69 Å². The molecule has 0 radical (unpaired) electrons. The second kappa shape index (κ2) is 3.81. The molecule has 3 N–H and O–H groups in total. The predicted molar refractivity (Wildman–Crippen MR) is 64.2 cm³/mol. The van der Waals surface area contributed by atoms with E-state index in [-0.39, 0.29) is 5.82 Å². The Bertz CT molecular complexity index is 587. The highest BCUT2D eigenvalue weighted by Crippen LogP contribution is 2.22. The Kier molecular flexibility index (Phi) is 2.48. The van der Waals surface area contributed by atoms with E-state index >= 15 is 0 Å². The van der Waals surface area contributed by atoms with Gasteiger partial charge >= 0.3 is 5.69 Å². The highest BCUT2D eigenvalue weighted by molar-refractivity contribution is 5.65. The summed E-state index contributed by atoms with van der Waals surface area (Å²) >= 11 is 0. The van der Waals surface area contributed by atoms with Gasteiger partial charge in [0.25, 0.3) is 0 Å². The lowest BCUT2D eigenvalue weighted by atomic mass is 10.0. The van der Waals surface area contributed by atoms with Crippen LogP contribution < -0.4 is 11.4 Å². The molecular formula is C12H13N3O. The van der Waals surface area contributed by atoms with Crippen molar-refractivity contribution in [2.45, 2.75) is 13.8 Å². The van der Waals surface area contributed by atoms with Gasteiger partial charge in [-0.25, -0.2) is 4.79 Å². The van der Waals surface area contributed by atoms with Crippen molar-refractivity contribution in [1.82, 2.24) is 9.97 Å². The lowest BCUT2D eigenvalue weighted by molar-refractivity contribution is 1.09. The smallest absolute Gasteiger partial charge is 0.347 e. The average Bonchev–Trinajstić information content (AvgIpc) is 2.20. The molecule has 4 heteroatoms. The first kappa shape index (κ1) is 10.4. The molecule has 16 heavy (non-hydrogen) atoms. The lowest BCUT2D eigenvalue weighted by Gasteiger charge is -2.07. The Hall–Kier alpha value is -2.10. The maximum atomic E-state index is 11.2. The fourth-order valence-corrected chi connectivity index (χ4v) is 1.65. The molecule has 4 nitrogen and oxygen atoms in total. The van der Waals surface area contributed by atoms with Gasteiger partial charge < -0.3 is 10.7 Å². The van der Waals surface area contributed by atoms with Crippen LogP contribution in [0.3, 0.4) is 0 Å². The van der Waals surface area contributed by atoms with Crippen LogP contribution in [-0.2, 0) is 0 Å². The third kappa shape index (κ3) is 1.95. The third-order valence-electron chi connectivity index (χ3n) is 2.45. The minimum absolute atomic E-state index is 0.236. The number of hydrogen-bond acceptors (Lipinski definition) is 3. The standard InChI is InChI=1S/C12H13N3O/c1-7-3-4-8(2)9(5-7)10-6-11(13)15-12(16)14-10/h3-6H,1-2H3,(H3,13,14,15,16). The fourth-order valence-electron chi connectivity index (χ4n) is 1.65. The van der Waals surface area contributed by atoms with Gasteiger partial charge in [-0.15, -0.1) is 0 Å². The summed E-state index contributed by atoms with van der Waals surface area (Å²) in [5.74, 6) is 0.236. The molecule has 0 saturated heterocycles. The van der Waals surface area contributed by atoms with Crippen molar-refractivity contribution in [2.75, 3.05) is 5.73 Å². The van der Waals surface area contributed by atoms with E-state index in [4.69, 9.17) is 5.73 Å². The van der Waals surface area contributed by atoms with Crippen LogP contribution in [0.2, 0.25) is 0 Å². The number of rotatable bonds is 1. The van der Waals surface area contributed by atoms with Crippen LogP contribution in [-0.4, -0.2) is 9.97 Å². The second-order valence-corrected chi connectivity index (χ2v) is 3.84. The number of benzene rings is 1. The minimum atomic E-state index is -0.420. The van der Waals surface area contributed by atoms with Crippen molar-refractivity contribution in [1.29, 1.82) is 0 Å². The van der Waals surface area contributed by atoms with Crippen molar-refractivity contribution in [3.05, 3.63) is 45.9 Å². The first-order valence-electron chi connectivity index (χ1n) is 5.01. The minimum Gasteiger partial charge on any atom is -0.383 e. The van der Waals surface area contributed by atoms with Crippen LogP contribution >= 0.6 is 0 Å². The summed E-state index contributed by atoms with van der Waals surface area (Å²) in [7, 11) is 0. The van der Waals surface area contributed by atoms with E-state index in [1.54, 1.807) is 6.07 Å². The molecule has 82 valence electrons. The summed E-state index contributed by atoms with van der Waals surface area (Å²) < 4.78 is 0. The molecular weight excluding hydrogens is 202 g/mol. The monoisotopic (exact) mass is 215 g/mol. The molecule has 0 aliphatic rings. The Morgan fingerprint density at radius 1 is 1.25 bits per heavy atom. The summed E-state index contributed by atoms with van der Waals surface area (Å²) in [6.45, 7) is 4.00. The fraction of sp³-hybridized carbons (Fsp3) is 0.167. The van der Waals surface area contributed by atoms with Crippen molar-refractivity contribution >= 4 is 5.82 Å². The molecule has 0 saturated carbocycles. The second-order valence-electron chi connectivity index (χ2n) is 3.84. The number of nitrogens with zero attached hydrogens (tertiary/aromatic N) is 1. The summed E-state index contributed by atoms with van der Waals surface area (Å²) in [6.07, 6.45) is 0. The highest BCUT2D eigenvalue weighted by atomic mass is 16.1. The highest BCUT2D eigenvalue weighted by Gasteiger charge is 2.04. The van der Waals surface area contributed by atoms with Crippen LogP contribution in [0, 0.1) is 13.8 Å². The molecule has 0 unspecified atom stereocenters. The maximum Gasteiger partial charge on any atom is 0.347 e. The lowest BCUT2D eigenvalue weighted by Crippen LogP contribution is -2.13. The third-order valence-corrected chi connectivity index (χ3v) is 2.45. The number of aromatic nitrogens is 2. The number of H-pyrrole nitrogens is 1. The van der Waals surface area contributed by atoms with Gasteiger partial charge in [-0.3, -0.25) is 0 Å². The number of nitrogens with two attached hydrogens (primary N) is 1. The summed E-state index contributed by atoms with van der Waals surface area (Å²) in [5, 5.41) is 0. The van der Waals surface area contributed by atoms with Crippen molar-refractivity contribution in [3.63, 3.8) is 0 Å². The first-order chi connectivity index (χ1) is 7.56. The average molecular weight is 215 g/mol. The van der Waals surface area contributed by atoms with Gasteiger partial charge in [0.15, 0.2) is 0 Å². The summed E-state index contributed by atoms with van der Waals surface area (Å²) in [4.78, 5) is 17.5. The number of aromatic amines is 1. The number of anilines is 1. The SMILES string of the molecule is Cc1ccc(C)c(-c2cc(N)nc(=O)[nH]2)c1. The van der Waals surface area contributed by atoms with E-state index < -0.39 is 5.69 Å². The zero-order chi connectivity index (χ0) is 11.7. The van der Waals surface area contributed by atoms with Gasteiger partial charge in [0.2, 0.25) is 0 Å². The van der Waals surface area contributed by atoms with E-state index in [2.05, 4.69) is 9.97 Å². The first-order valence-corrected chi connectivity index (χ1v) is 5.01. The van der Waals surface area contributed by atoms with E-state index in [1.807, 2.05) is 32.0 Å². The van der Waals surface area contributed by atoms with Crippen molar-refractivity contribution in [2.24, 2.45) is 0 Å². The zero-order valence-corrected chi connectivity index (χ0v) is 9.24. The van der Waals surface area contributed by atoms with Gasteiger partial charge in [0.1, 0.15) is 5.82 Å². The molecule has 1 aromatic carbocycles. The molecule has 2 aromatic rings. The molecule has 0 atom stereocenters. The van der Waals surface area contributed by atoms with Crippen LogP contribution in [0.15, 0.2) is 29.1 Å². The maximum absolute atomic E-state index is 11.2. The van der Waals surface area contributed by atoms with Gasteiger partial charge in [-0.1, -0.05) is 17.7 Å². The van der Waals surface area contributed by atoms with Crippen molar-refractivity contribution < 1.29 is 0 Å². The van der Waals surface area contributed by atoms with Gasteiger partial charge in [-0.05, 0) is 25.5 Å². The predicted octanol–water partition coefficient (Wildman–Crippen LogP) is 1.64. The molecule has 0 spiro atoms. The van der Waals surface area contributed by atoms with Gasteiger partial charge in [-0.2, -0.15) is 4.98 Å². The largest absolute Gasteiger partial charge is 0.383 e. The van der Waals surface area contributed by atoms with Crippen LogP contribution in [0.1, 0.15) is 11.1 Å². The van der Waals surface area contributed by atoms with E-state index in [9.17, 15) is 4.79 Å². The molecule has 1 aromatic heterocycles. The topological polar surface area (TPSA) is 71.8 Å². The normalized spacial score (nSPS) is 10.4. The van der Waals surface area contributed by atoms with Crippen LogP contribution in [0.5, 0.6) is 0 Å². The van der Waals surface area contributed by atoms with Crippen molar-refractivity contribution in [3.8, 4) is 11.3 Å². The molecule has 0 aliphatic carbocycles. The quantitative estimate of drug-likeness (QED) is 0.759. The Labute approximate surface area is 93.2 Å². The van der Waals surface area contributed by atoms with Crippen LogP contribution in [0.25, 0.3) is 11.3 Å². The number of nitrogen functional groups attached to an aromatic ring is 1. The van der Waals surface area contributed by atoms with E-state index in [0.717, 1.165) is 16.7 Å². The molecule has 0 fully saturated rings. The molecule has 0 bridgehead atoms. The van der Waals surface area contributed by atoms with Crippen LogP contribution in [0.4, 0.5) is 5.82 Å². The Morgan fingerprint density at radius 2 is 2.00 bits per heavy atom. The Morgan fingerprint density at radius 3 is 2.69 bits per heavy atom. The van der Waals surface area contributed by atoms with E-state index in [0.29, 0.717) is 5.69 Å². The molecule has 0 amide bonds. The molecule has 1 heterocycles. The summed E-state index contributed by atoms with van der Waals surface area (Å²) in [6, 6.07) is 7.73. The van der Waals surface area contributed by atoms with Gasteiger partial charge in [0, 0.05) is 11.6 Å². The van der Waals surface area contributed by atoms with E-state index in [1.165, 1.54) is 0 Å². The summed E-state index contributed by atoms with van der Waals surface area (Å²) in [5.41, 5.74) is 9.04. The number of aryl methyl sites for hydroxylation is 2. The molecule has 0 aliphatic heterocycles. The Balaban J connectivity index is 2.66. The number of hydrogen-bond donors (Lipinski definition) is 2. The zero-order valence-electron chi connectivity index (χ0n) is 9.24. The molecule has 2 rings (SSSR count).